The predicted molar refractivity (Wildman–Crippen MR) is 85.8 cm³/mol. The van der Waals surface area contributed by atoms with E-state index in [1.54, 1.807) is 6.20 Å². The summed E-state index contributed by atoms with van der Waals surface area (Å²) >= 11 is 3.37. The molecule has 3 heterocycles. The van der Waals surface area contributed by atoms with Crippen LogP contribution >= 0.6 is 15.9 Å². The van der Waals surface area contributed by atoms with Crippen LogP contribution in [0.4, 0.5) is 5.69 Å². The summed E-state index contributed by atoms with van der Waals surface area (Å²) in [7, 11) is 0. The average Bonchev–Trinajstić information content (AvgIpc) is 2.96. The molecule has 0 spiro atoms. The molecule has 0 aliphatic heterocycles. The molecule has 3 aromatic rings. The van der Waals surface area contributed by atoms with E-state index in [-0.39, 0.29) is 0 Å². The van der Waals surface area contributed by atoms with Crippen molar-refractivity contribution in [1.82, 2.24) is 20.2 Å². The van der Waals surface area contributed by atoms with E-state index in [9.17, 15) is 0 Å². The number of halogens is 1. The van der Waals surface area contributed by atoms with Gasteiger partial charge >= 0.3 is 0 Å². The molecule has 0 amide bonds. The van der Waals surface area contributed by atoms with E-state index in [0.717, 1.165) is 32.8 Å². The summed E-state index contributed by atoms with van der Waals surface area (Å²) in [6.07, 6.45) is 5.41. The van der Waals surface area contributed by atoms with Gasteiger partial charge in [0.15, 0.2) is 0 Å². The number of aromatic amines is 1. The second-order valence-electron chi connectivity index (χ2n) is 4.63. The van der Waals surface area contributed by atoms with Crippen LogP contribution in [0.1, 0.15) is 11.3 Å². The third-order valence-electron chi connectivity index (χ3n) is 3.19. The Hall–Kier alpha value is -2.21. The quantitative estimate of drug-likeness (QED) is 0.711. The third-order valence-corrected chi connectivity index (χ3v) is 3.63. The second kappa shape index (κ2) is 6.05. The lowest BCUT2D eigenvalue weighted by Gasteiger charge is -2.09. The van der Waals surface area contributed by atoms with Crippen LogP contribution in [0.15, 0.2) is 47.5 Å². The van der Waals surface area contributed by atoms with E-state index in [0.29, 0.717) is 6.54 Å². The van der Waals surface area contributed by atoms with Gasteiger partial charge < -0.3 is 5.32 Å². The lowest BCUT2D eigenvalue weighted by Crippen LogP contribution is -2.02. The molecule has 0 atom stereocenters. The highest BCUT2D eigenvalue weighted by Gasteiger charge is 2.08. The Bertz CT molecular complexity index is 739. The fourth-order valence-electron chi connectivity index (χ4n) is 2.11. The molecule has 0 radical (unpaired) electrons. The number of rotatable bonds is 4. The zero-order valence-electron chi connectivity index (χ0n) is 11.5. The van der Waals surface area contributed by atoms with E-state index >= 15 is 0 Å². The van der Waals surface area contributed by atoms with Gasteiger partial charge in [-0.2, -0.15) is 5.10 Å². The van der Waals surface area contributed by atoms with Gasteiger partial charge in [0.05, 0.1) is 23.3 Å². The highest BCUT2D eigenvalue weighted by Crippen LogP contribution is 2.22. The van der Waals surface area contributed by atoms with E-state index < -0.39 is 0 Å². The molecule has 2 N–H and O–H groups in total. The summed E-state index contributed by atoms with van der Waals surface area (Å²) < 4.78 is 0.838. The van der Waals surface area contributed by atoms with Crippen LogP contribution in [0.25, 0.3) is 11.3 Å². The molecule has 3 rings (SSSR count). The van der Waals surface area contributed by atoms with Crippen molar-refractivity contribution in [1.29, 1.82) is 0 Å². The smallest absolute Gasteiger partial charge is 0.106 e. The van der Waals surface area contributed by atoms with Crippen LogP contribution in [0, 0.1) is 6.92 Å². The van der Waals surface area contributed by atoms with Crippen molar-refractivity contribution in [2.24, 2.45) is 0 Å². The fraction of sp³-hybridized carbons (Fsp3) is 0.133. The normalized spacial score (nSPS) is 10.6. The Labute approximate surface area is 131 Å². The van der Waals surface area contributed by atoms with Crippen molar-refractivity contribution in [2.45, 2.75) is 13.5 Å². The molecule has 5 nitrogen and oxygen atoms in total. The van der Waals surface area contributed by atoms with Crippen molar-refractivity contribution >= 4 is 21.6 Å². The number of aromatic nitrogens is 4. The number of H-pyrrole nitrogens is 1. The predicted octanol–water partition coefficient (Wildman–Crippen LogP) is 3.55. The molecule has 0 aliphatic carbocycles. The van der Waals surface area contributed by atoms with E-state index in [1.165, 1.54) is 0 Å². The zero-order valence-corrected chi connectivity index (χ0v) is 13.1. The van der Waals surface area contributed by atoms with Gasteiger partial charge in [-0.05, 0) is 47.1 Å². The minimum Gasteiger partial charge on any atom is -0.379 e. The first kappa shape index (κ1) is 13.8. The Morgan fingerprint density at radius 3 is 2.90 bits per heavy atom. The molecule has 21 heavy (non-hydrogen) atoms. The Morgan fingerprint density at radius 2 is 2.14 bits per heavy atom. The first-order valence-electron chi connectivity index (χ1n) is 6.53. The van der Waals surface area contributed by atoms with Gasteiger partial charge in [0.25, 0.3) is 0 Å². The number of aryl methyl sites for hydroxylation is 1. The number of pyridine rings is 2. The van der Waals surface area contributed by atoms with Crippen LogP contribution in [-0.4, -0.2) is 20.2 Å². The molecule has 0 bridgehead atoms. The molecule has 0 aliphatic rings. The molecular weight excluding hydrogens is 330 g/mol. The van der Waals surface area contributed by atoms with Crippen molar-refractivity contribution in [2.75, 3.05) is 5.32 Å². The average molecular weight is 344 g/mol. The number of nitrogens with zero attached hydrogens (tertiary/aromatic N) is 3. The maximum atomic E-state index is 4.37. The van der Waals surface area contributed by atoms with Gasteiger partial charge in [-0.15, -0.1) is 0 Å². The lowest BCUT2D eigenvalue weighted by atomic mass is 10.1. The first-order chi connectivity index (χ1) is 10.2. The number of hydrogen-bond donors (Lipinski definition) is 2. The molecule has 0 fully saturated rings. The largest absolute Gasteiger partial charge is 0.379 e. The molecule has 0 aromatic carbocycles. The van der Waals surface area contributed by atoms with Crippen molar-refractivity contribution in [3.63, 3.8) is 0 Å². The Kier molecular flexibility index (Phi) is 3.96. The van der Waals surface area contributed by atoms with Crippen molar-refractivity contribution < 1.29 is 0 Å². The zero-order chi connectivity index (χ0) is 14.7. The van der Waals surface area contributed by atoms with Crippen molar-refractivity contribution in [3.05, 3.63) is 58.7 Å². The summed E-state index contributed by atoms with van der Waals surface area (Å²) in [5.41, 5.74) is 5.06. The SMILES string of the molecule is Cc1nc(Br)ccc1NCc1cn[nH]c1-c1cccnc1. The highest BCUT2D eigenvalue weighted by atomic mass is 79.9. The summed E-state index contributed by atoms with van der Waals surface area (Å²) in [5, 5.41) is 10.5. The first-order valence-corrected chi connectivity index (χ1v) is 7.33. The molecule has 3 aromatic heterocycles. The maximum absolute atomic E-state index is 4.37. The number of hydrogen-bond acceptors (Lipinski definition) is 4. The van der Waals surface area contributed by atoms with Gasteiger partial charge in [0.1, 0.15) is 4.60 Å². The number of anilines is 1. The maximum Gasteiger partial charge on any atom is 0.106 e. The molecule has 6 heteroatoms. The Morgan fingerprint density at radius 1 is 1.24 bits per heavy atom. The van der Waals surface area contributed by atoms with Gasteiger partial charge in [-0.3, -0.25) is 10.1 Å². The second-order valence-corrected chi connectivity index (χ2v) is 5.44. The van der Waals surface area contributed by atoms with Gasteiger partial charge in [0.2, 0.25) is 0 Å². The van der Waals surface area contributed by atoms with Gasteiger partial charge in [-0.25, -0.2) is 4.98 Å². The Balaban J connectivity index is 1.79. The molecule has 0 unspecified atom stereocenters. The molecule has 0 saturated carbocycles. The topological polar surface area (TPSA) is 66.5 Å². The third kappa shape index (κ3) is 3.11. The van der Waals surface area contributed by atoms with Gasteiger partial charge in [-0.1, -0.05) is 0 Å². The standard InChI is InChI=1S/C15H14BrN5/c1-10-13(4-5-14(16)20-10)18-8-12-9-19-21-15(12)11-3-2-6-17-7-11/h2-7,9,18H,8H2,1H3,(H,19,21). The summed E-state index contributed by atoms with van der Waals surface area (Å²) in [5.74, 6) is 0. The minimum atomic E-state index is 0.672. The van der Waals surface area contributed by atoms with Crippen LogP contribution in [0.2, 0.25) is 0 Å². The monoisotopic (exact) mass is 343 g/mol. The lowest BCUT2D eigenvalue weighted by molar-refractivity contribution is 1.09. The summed E-state index contributed by atoms with van der Waals surface area (Å²) in [4.78, 5) is 8.52. The van der Waals surface area contributed by atoms with Gasteiger partial charge in [0, 0.05) is 30.1 Å². The van der Waals surface area contributed by atoms with E-state index in [4.69, 9.17) is 0 Å². The molecule has 0 saturated heterocycles. The van der Waals surface area contributed by atoms with E-state index in [2.05, 4.69) is 41.4 Å². The van der Waals surface area contributed by atoms with Crippen LogP contribution < -0.4 is 5.32 Å². The summed E-state index contributed by atoms with van der Waals surface area (Å²) in [6.45, 7) is 2.65. The number of nitrogens with one attached hydrogen (secondary N) is 2. The van der Waals surface area contributed by atoms with Crippen LogP contribution in [0.3, 0.4) is 0 Å². The van der Waals surface area contributed by atoms with Crippen LogP contribution in [0.5, 0.6) is 0 Å². The van der Waals surface area contributed by atoms with Crippen LogP contribution in [-0.2, 0) is 6.54 Å². The minimum absolute atomic E-state index is 0.672. The summed E-state index contributed by atoms with van der Waals surface area (Å²) in [6, 6.07) is 7.86. The highest BCUT2D eigenvalue weighted by molar-refractivity contribution is 9.10. The molecule has 106 valence electrons. The van der Waals surface area contributed by atoms with Crippen molar-refractivity contribution in [3.8, 4) is 11.3 Å². The van der Waals surface area contributed by atoms with E-state index in [1.807, 2.05) is 43.6 Å². The fourth-order valence-corrected chi connectivity index (χ4v) is 2.51. The molecular formula is C15H14BrN5.